The molecule has 0 atom stereocenters. The molecule has 0 aliphatic rings. The monoisotopic (exact) mass is 115 g/mol. The molecule has 0 spiro atoms. The molecular weight excluding hydrogens is 106 g/mol. The molecular formula is C5H9NO2. The fourth-order valence-corrected chi connectivity index (χ4v) is 0.239. The summed E-state index contributed by atoms with van der Waals surface area (Å²) in [7, 11) is 1.43. The van der Waals surface area contributed by atoms with Gasteiger partial charge in [0.15, 0.2) is 0 Å². The summed E-state index contributed by atoms with van der Waals surface area (Å²) in [5.74, 6) is -0.257. The number of methoxy groups -OCH3 is 1. The molecule has 0 saturated carbocycles. The molecule has 0 fully saturated rings. The topological polar surface area (TPSA) is 50.2 Å². The number of Topliss-reactive ketones (excluding diaryl/α,β-unsaturated/α-hetero) is 1. The predicted octanol–water partition coefficient (Wildman–Crippen LogP) is 0.242. The van der Waals surface area contributed by atoms with Gasteiger partial charge < -0.3 is 10.1 Å². The first-order valence-electron chi connectivity index (χ1n) is 2.25. The van der Waals surface area contributed by atoms with E-state index in [1.54, 1.807) is 0 Å². The normalized spacial score (nSPS) is 8.75. The lowest BCUT2D eigenvalue weighted by Gasteiger charge is -1.92. The highest BCUT2D eigenvalue weighted by Crippen LogP contribution is 1.75. The third kappa shape index (κ3) is 2.47. The number of ketones is 1. The highest BCUT2D eigenvalue weighted by molar-refractivity contribution is 6.38. The van der Waals surface area contributed by atoms with Crippen LogP contribution in [-0.4, -0.2) is 25.2 Å². The number of ether oxygens (including phenoxy) is 1. The van der Waals surface area contributed by atoms with Gasteiger partial charge >= 0.3 is 0 Å². The summed E-state index contributed by atoms with van der Waals surface area (Å²) in [5.41, 5.74) is 0.0480. The van der Waals surface area contributed by atoms with Crippen molar-refractivity contribution in [2.24, 2.45) is 0 Å². The summed E-state index contributed by atoms with van der Waals surface area (Å²) < 4.78 is 4.47. The number of carbonyl (C=O) groups is 1. The lowest BCUT2D eigenvalue weighted by molar-refractivity contribution is -0.116. The number of hydrogen-bond donors (Lipinski definition) is 1. The molecule has 1 N–H and O–H groups in total. The van der Waals surface area contributed by atoms with Crippen LogP contribution in [0.2, 0.25) is 0 Å². The second kappa shape index (κ2) is 3.32. The van der Waals surface area contributed by atoms with Gasteiger partial charge in [-0.2, -0.15) is 0 Å². The molecule has 0 aliphatic heterocycles. The van der Waals surface area contributed by atoms with Gasteiger partial charge in [-0.05, 0) is 6.92 Å². The Labute approximate surface area is 48.2 Å². The fraction of sp³-hybridized carbons (Fsp3) is 0.600. The van der Waals surface area contributed by atoms with Crippen molar-refractivity contribution in [2.75, 3.05) is 13.7 Å². The molecule has 0 saturated heterocycles. The zero-order chi connectivity index (χ0) is 6.57. The highest BCUT2D eigenvalue weighted by atomic mass is 16.5. The lowest BCUT2D eigenvalue weighted by Crippen LogP contribution is -2.14. The van der Waals surface area contributed by atoms with Crippen LogP contribution in [0, 0.1) is 5.41 Å². The minimum Gasteiger partial charge on any atom is -0.376 e. The Balaban J connectivity index is 3.49. The van der Waals surface area contributed by atoms with E-state index in [-0.39, 0.29) is 18.1 Å². The molecule has 8 heavy (non-hydrogen) atoms. The van der Waals surface area contributed by atoms with Crippen LogP contribution in [0.1, 0.15) is 6.92 Å². The third-order valence-electron chi connectivity index (χ3n) is 0.694. The SMILES string of the molecule is COCC(=O)C(C)=N. The van der Waals surface area contributed by atoms with Crippen molar-refractivity contribution in [3.05, 3.63) is 0 Å². The van der Waals surface area contributed by atoms with Gasteiger partial charge in [0.05, 0.1) is 5.71 Å². The molecule has 0 aliphatic carbocycles. The molecule has 0 unspecified atom stereocenters. The summed E-state index contributed by atoms with van der Waals surface area (Å²) in [6.07, 6.45) is 0. The highest BCUT2D eigenvalue weighted by Gasteiger charge is 2.00. The van der Waals surface area contributed by atoms with E-state index in [2.05, 4.69) is 4.74 Å². The Bertz CT molecular complexity index is 109. The molecule has 0 rings (SSSR count). The molecule has 0 aromatic heterocycles. The van der Waals surface area contributed by atoms with Crippen molar-refractivity contribution in [3.8, 4) is 0 Å². The Morgan fingerprint density at radius 2 is 2.25 bits per heavy atom. The lowest BCUT2D eigenvalue weighted by atomic mass is 10.3. The van der Waals surface area contributed by atoms with Gasteiger partial charge in [0.1, 0.15) is 6.61 Å². The van der Waals surface area contributed by atoms with E-state index in [1.165, 1.54) is 14.0 Å². The second-order valence-corrected chi connectivity index (χ2v) is 1.48. The minimum atomic E-state index is -0.257. The van der Waals surface area contributed by atoms with E-state index in [0.29, 0.717) is 0 Å². The summed E-state index contributed by atoms with van der Waals surface area (Å²) in [5, 5.41) is 6.77. The van der Waals surface area contributed by atoms with Crippen LogP contribution in [0.3, 0.4) is 0 Å². The second-order valence-electron chi connectivity index (χ2n) is 1.48. The van der Waals surface area contributed by atoms with Crippen LogP contribution in [-0.2, 0) is 9.53 Å². The molecule has 0 aromatic carbocycles. The molecule has 0 bridgehead atoms. The Hall–Kier alpha value is -0.700. The van der Waals surface area contributed by atoms with E-state index in [0.717, 1.165) is 0 Å². The Morgan fingerprint density at radius 3 is 2.38 bits per heavy atom. The molecule has 0 heterocycles. The van der Waals surface area contributed by atoms with Gasteiger partial charge in [-0.1, -0.05) is 0 Å². The van der Waals surface area contributed by atoms with Gasteiger partial charge in [-0.3, -0.25) is 4.79 Å². The van der Waals surface area contributed by atoms with Gasteiger partial charge in [0.25, 0.3) is 0 Å². The van der Waals surface area contributed by atoms with E-state index < -0.39 is 0 Å². The zero-order valence-corrected chi connectivity index (χ0v) is 5.02. The maximum atomic E-state index is 10.4. The maximum Gasteiger partial charge on any atom is 0.201 e. The molecule has 0 radical (unpaired) electrons. The van der Waals surface area contributed by atoms with E-state index in [4.69, 9.17) is 5.41 Å². The van der Waals surface area contributed by atoms with Gasteiger partial charge in [-0.25, -0.2) is 0 Å². The van der Waals surface area contributed by atoms with Gasteiger partial charge in [0.2, 0.25) is 5.78 Å². The van der Waals surface area contributed by atoms with Gasteiger partial charge in [-0.15, -0.1) is 0 Å². The van der Waals surface area contributed by atoms with E-state index >= 15 is 0 Å². The average molecular weight is 115 g/mol. The van der Waals surface area contributed by atoms with E-state index in [1.807, 2.05) is 0 Å². The van der Waals surface area contributed by atoms with Crippen molar-refractivity contribution >= 4 is 11.5 Å². The van der Waals surface area contributed by atoms with Crippen molar-refractivity contribution in [3.63, 3.8) is 0 Å². The predicted molar refractivity (Wildman–Crippen MR) is 30.3 cm³/mol. The molecule has 0 aromatic rings. The molecule has 0 amide bonds. The van der Waals surface area contributed by atoms with Crippen molar-refractivity contribution in [1.82, 2.24) is 0 Å². The fourth-order valence-electron chi connectivity index (χ4n) is 0.239. The molecule has 3 nitrogen and oxygen atoms in total. The van der Waals surface area contributed by atoms with Gasteiger partial charge in [0, 0.05) is 7.11 Å². The average Bonchev–Trinajstić information content (AvgIpc) is 1.67. The van der Waals surface area contributed by atoms with Crippen molar-refractivity contribution in [1.29, 1.82) is 5.41 Å². The Morgan fingerprint density at radius 1 is 1.75 bits per heavy atom. The van der Waals surface area contributed by atoms with Crippen LogP contribution in [0.5, 0.6) is 0 Å². The summed E-state index contributed by atoms with van der Waals surface area (Å²) in [6, 6.07) is 0. The van der Waals surface area contributed by atoms with Crippen LogP contribution < -0.4 is 0 Å². The zero-order valence-electron chi connectivity index (χ0n) is 5.02. The van der Waals surface area contributed by atoms with Crippen molar-refractivity contribution < 1.29 is 9.53 Å². The van der Waals surface area contributed by atoms with E-state index in [9.17, 15) is 4.79 Å². The molecule has 3 heteroatoms. The van der Waals surface area contributed by atoms with Crippen LogP contribution in [0.25, 0.3) is 0 Å². The number of hydrogen-bond acceptors (Lipinski definition) is 3. The molecule has 46 valence electrons. The smallest absolute Gasteiger partial charge is 0.201 e. The summed E-state index contributed by atoms with van der Waals surface area (Å²) in [6.45, 7) is 1.47. The minimum absolute atomic E-state index is 0.0231. The number of carbonyl (C=O) groups excluding carboxylic acids is 1. The van der Waals surface area contributed by atoms with Crippen molar-refractivity contribution in [2.45, 2.75) is 6.92 Å². The maximum absolute atomic E-state index is 10.4. The van der Waals surface area contributed by atoms with Crippen LogP contribution >= 0.6 is 0 Å². The quantitative estimate of drug-likeness (QED) is 0.536. The Kier molecular flexibility index (Phi) is 3.03. The summed E-state index contributed by atoms with van der Waals surface area (Å²) >= 11 is 0. The first kappa shape index (κ1) is 7.30. The number of nitrogens with one attached hydrogen (secondary N) is 1. The largest absolute Gasteiger partial charge is 0.376 e. The first-order valence-corrected chi connectivity index (χ1v) is 2.25. The number of rotatable bonds is 3. The van der Waals surface area contributed by atoms with Crippen LogP contribution in [0.15, 0.2) is 0 Å². The van der Waals surface area contributed by atoms with Crippen LogP contribution in [0.4, 0.5) is 0 Å². The third-order valence-corrected chi connectivity index (χ3v) is 0.694. The standard InChI is InChI=1S/C5H9NO2/c1-4(6)5(7)3-8-2/h6H,3H2,1-2H3. The summed E-state index contributed by atoms with van der Waals surface area (Å²) in [4.78, 5) is 10.4. The first-order chi connectivity index (χ1) is 3.68.